The number of nitrogens with two attached hydrogens (primary N) is 3. The van der Waals surface area contributed by atoms with E-state index in [9.17, 15) is 24.3 Å². The summed E-state index contributed by atoms with van der Waals surface area (Å²) in [6.07, 6.45) is 1.77. The van der Waals surface area contributed by atoms with Gasteiger partial charge in [-0.05, 0) is 36.7 Å². The summed E-state index contributed by atoms with van der Waals surface area (Å²) in [5.41, 5.74) is 17.5. The molecular formula is C27H45N7O5. The summed E-state index contributed by atoms with van der Waals surface area (Å²) in [4.78, 5) is 55.0. The Morgan fingerprint density at radius 1 is 0.923 bits per heavy atom. The van der Waals surface area contributed by atoms with Gasteiger partial charge in [-0.2, -0.15) is 0 Å². The molecule has 39 heavy (non-hydrogen) atoms. The van der Waals surface area contributed by atoms with Crippen LogP contribution in [-0.2, 0) is 25.6 Å². The summed E-state index contributed by atoms with van der Waals surface area (Å²) >= 11 is 0. The number of rotatable bonds is 17. The fraction of sp³-hybridized carbons (Fsp3) is 0.593. The number of carboxylic acid groups (broad SMARTS) is 1. The van der Waals surface area contributed by atoms with Gasteiger partial charge >= 0.3 is 5.97 Å². The lowest BCUT2D eigenvalue weighted by atomic mass is 9.97. The molecule has 5 unspecified atom stereocenters. The molecule has 12 nitrogen and oxygen atoms in total. The van der Waals surface area contributed by atoms with Crippen molar-refractivity contribution in [3.8, 4) is 0 Å². The summed E-state index contributed by atoms with van der Waals surface area (Å²) in [5, 5.41) is 17.6. The van der Waals surface area contributed by atoms with Gasteiger partial charge in [-0.3, -0.25) is 19.4 Å². The second kappa shape index (κ2) is 17.0. The standard InChI is InChI=1S/C27H45N7O5/c1-5-17(4)22(26(38)39)34-25(37)20(14-16(2)3)33-24(36)21(15-18-10-7-6-8-11-18)32-23(35)19(28)12-9-13-31-27(29)30/h6-8,10-11,16-17,19-22H,5,9,12-15,28H2,1-4H3,(H,32,35)(H,33,36)(H,34,37)(H,38,39)(H4,29,30,31). The van der Waals surface area contributed by atoms with Crippen LogP contribution in [0.2, 0.25) is 0 Å². The number of carbonyl (C=O) groups excluding carboxylic acids is 3. The third-order valence-electron chi connectivity index (χ3n) is 6.34. The maximum atomic E-state index is 13.4. The molecule has 1 aromatic carbocycles. The minimum atomic E-state index is -1.14. The van der Waals surface area contributed by atoms with Crippen LogP contribution in [0.3, 0.4) is 0 Å². The normalized spacial score (nSPS) is 14.8. The zero-order chi connectivity index (χ0) is 29.5. The molecule has 0 aliphatic carbocycles. The number of nitrogens with zero attached hydrogens (tertiary/aromatic N) is 1. The lowest BCUT2D eigenvalue weighted by Gasteiger charge is -2.27. The van der Waals surface area contributed by atoms with Crippen molar-refractivity contribution in [2.45, 2.75) is 84.0 Å². The fourth-order valence-electron chi connectivity index (χ4n) is 3.90. The topological polar surface area (TPSA) is 215 Å². The Hall–Kier alpha value is -3.67. The number of hydrogen-bond acceptors (Lipinski definition) is 6. The molecule has 0 aliphatic rings. The average molecular weight is 548 g/mol. The van der Waals surface area contributed by atoms with Crippen molar-refractivity contribution in [3.63, 3.8) is 0 Å². The third-order valence-corrected chi connectivity index (χ3v) is 6.34. The molecule has 12 heteroatoms. The van der Waals surface area contributed by atoms with Crippen LogP contribution in [0.5, 0.6) is 0 Å². The van der Waals surface area contributed by atoms with Gasteiger partial charge in [0.2, 0.25) is 17.7 Å². The third kappa shape index (κ3) is 12.6. The molecule has 0 aliphatic heterocycles. The Bertz CT molecular complexity index is 967. The molecule has 0 heterocycles. The maximum absolute atomic E-state index is 13.4. The molecule has 0 aromatic heterocycles. The first kappa shape index (κ1) is 33.4. The molecule has 1 aromatic rings. The van der Waals surface area contributed by atoms with Gasteiger partial charge < -0.3 is 38.3 Å². The monoisotopic (exact) mass is 547 g/mol. The predicted molar refractivity (Wildman–Crippen MR) is 150 cm³/mol. The van der Waals surface area contributed by atoms with E-state index in [1.54, 1.807) is 6.92 Å². The summed E-state index contributed by atoms with van der Waals surface area (Å²) in [6.45, 7) is 7.67. The highest BCUT2D eigenvalue weighted by atomic mass is 16.4. The van der Waals surface area contributed by atoms with Crippen LogP contribution in [0.15, 0.2) is 35.3 Å². The van der Waals surface area contributed by atoms with Crippen LogP contribution < -0.4 is 33.2 Å². The highest BCUT2D eigenvalue weighted by Crippen LogP contribution is 2.12. The quantitative estimate of drug-likeness (QED) is 0.0812. The number of benzene rings is 1. The van der Waals surface area contributed by atoms with Crippen molar-refractivity contribution >= 4 is 29.7 Å². The molecular weight excluding hydrogens is 502 g/mol. The van der Waals surface area contributed by atoms with Crippen LogP contribution in [0.1, 0.15) is 58.9 Å². The molecule has 0 spiro atoms. The van der Waals surface area contributed by atoms with E-state index in [1.807, 2.05) is 51.1 Å². The Labute approximate surface area is 230 Å². The Balaban J connectivity index is 3.07. The number of aliphatic imine (C=N–C) groups is 1. The minimum absolute atomic E-state index is 0.0220. The van der Waals surface area contributed by atoms with Crippen molar-refractivity contribution in [3.05, 3.63) is 35.9 Å². The number of carbonyl (C=O) groups is 4. The van der Waals surface area contributed by atoms with Gasteiger partial charge in [0, 0.05) is 13.0 Å². The van der Waals surface area contributed by atoms with Crippen LogP contribution in [0, 0.1) is 11.8 Å². The first-order chi connectivity index (χ1) is 18.3. The smallest absolute Gasteiger partial charge is 0.326 e. The largest absolute Gasteiger partial charge is 0.480 e. The van der Waals surface area contributed by atoms with Crippen LogP contribution in [0.4, 0.5) is 0 Å². The molecule has 0 fully saturated rings. The summed E-state index contributed by atoms with van der Waals surface area (Å²) in [6, 6.07) is 5.12. The van der Waals surface area contributed by atoms with Gasteiger partial charge in [-0.15, -0.1) is 0 Å². The molecule has 5 atom stereocenters. The molecule has 0 saturated heterocycles. The van der Waals surface area contributed by atoms with Gasteiger partial charge in [0.05, 0.1) is 6.04 Å². The van der Waals surface area contributed by atoms with E-state index in [-0.39, 0.29) is 30.6 Å². The van der Waals surface area contributed by atoms with Gasteiger partial charge in [-0.25, -0.2) is 4.79 Å². The Kier molecular flexibility index (Phi) is 14.6. The van der Waals surface area contributed by atoms with E-state index in [2.05, 4.69) is 20.9 Å². The number of hydrogen-bond donors (Lipinski definition) is 7. The lowest BCUT2D eigenvalue weighted by molar-refractivity contribution is -0.144. The number of aliphatic carboxylic acids is 1. The highest BCUT2D eigenvalue weighted by Gasteiger charge is 2.32. The van der Waals surface area contributed by atoms with E-state index in [4.69, 9.17) is 17.2 Å². The number of carboxylic acids is 1. The van der Waals surface area contributed by atoms with Crippen LogP contribution in [0.25, 0.3) is 0 Å². The molecule has 10 N–H and O–H groups in total. The van der Waals surface area contributed by atoms with Gasteiger partial charge in [-0.1, -0.05) is 64.4 Å². The van der Waals surface area contributed by atoms with E-state index in [1.165, 1.54) is 0 Å². The van der Waals surface area contributed by atoms with Gasteiger partial charge in [0.25, 0.3) is 0 Å². The molecule has 3 amide bonds. The van der Waals surface area contributed by atoms with Crippen molar-refractivity contribution in [1.29, 1.82) is 0 Å². The van der Waals surface area contributed by atoms with E-state index in [0.29, 0.717) is 25.8 Å². The zero-order valence-electron chi connectivity index (χ0n) is 23.4. The SMILES string of the molecule is CCC(C)C(NC(=O)C(CC(C)C)NC(=O)C(Cc1ccccc1)NC(=O)C(N)CCCN=C(N)N)C(=O)O. The van der Waals surface area contributed by atoms with Crippen molar-refractivity contribution in [2.75, 3.05) is 6.54 Å². The minimum Gasteiger partial charge on any atom is -0.480 e. The highest BCUT2D eigenvalue weighted by molar-refractivity contribution is 5.94. The molecule has 0 saturated carbocycles. The van der Waals surface area contributed by atoms with Crippen molar-refractivity contribution in [1.82, 2.24) is 16.0 Å². The van der Waals surface area contributed by atoms with Crippen LogP contribution >= 0.6 is 0 Å². The van der Waals surface area contributed by atoms with Crippen molar-refractivity contribution < 1.29 is 24.3 Å². The first-order valence-electron chi connectivity index (χ1n) is 13.3. The van der Waals surface area contributed by atoms with Gasteiger partial charge in [0.15, 0.2) is 5.96 Å². The molecule has 218 valence electrons. The number of amides is 3. The van der Waals surface area contributed by atoms with Crippen LogP contribution in [-0.4, -0.2) is 65.5 Å². The molecule has 0 radical (unpaired) electrons. The Morgan fingerprint density at radius 3 is 2.05 bits per heavy atom. The molecule has 0 bridgehead atoms. The van der Waals surface area contributed by atoms with E-state index >= 15 is 0 Å². The average Bonchev–Trinajstić information content (AvgIpc) is 2.88. The number of guanidine groups is 1. The summed E-state index contributed by atoms with van der Waals surface area (Å²) in [5.74, 6) is -3.17. The summed E-state index contributed by atoms with van der Waals surface area (Å²) < 4.78 is 0. The number of nitrogens with one attached hydrogen (secondary N) is 3. The summed E-state index contributed by atoms with van der Waals surface area (Å²) in [7, 11) is 0. The first-order valence-corrected chi connectivity index (χ1v) is 13.3. The second-order valence-corrected chi connectivity index (χ2v) is 10.2. The lowest BCUT2D eigenvalue weighted by Crippen LogP contribution is -2.58. The molecule has 1 rings (SSSR count). The fourth-order valence-corrected chi connectivity index (χ4v) is 3.90. The predicted octanol–water partition coefficient (Wildman–Crippen LogP) is 0.241. The second-order valence-electron chi connectivity index (χ2n) is 10.2. The van der Waals surface area contributed by atoms with Gasteiger partial charge in [0.1, 0.15) is 18.1 Å². The maximum Gasteiger partial charge on any atom is 0.326 e. The van der Waals surface area contributed by atoms with E-state index < -0.39 is 47.9 Å². The van der Waals surface area contributed by atoms with Crippen molar-refractivity contribution in [2.24, 2.45) is 34.0 Å². The Morgan fingerprint density at radius 2 is 1.51 bits per heavy atom. The zero-order valence-corrected chi connectivity index (χ0v) is 23.4. The van der Waals surface area contributed by atoms with E-state index in [0.717, 1.165) is 5.56 Å².